The van der Waals surface area contributed by atoms with Crippen LogP contribution in [0.5, 0.6) is 0 Å². The summed E-state index contributed by atoms with van der Waals surface area (Å²) in [7, 11) is 0. The molecule has 0 saturated heterocycles. The third kappa shape index (κ3) is 6.44. The highest BCUT2D eigenvalue weighted by Crippen LogP contribution is 2.44. The second-order valence-corrected chi connectivity index (χ2v) is 9.40. The van der Waals surface area contributed by atoms with Crippen LogP contribution in [0.15, 0.2) is 48.5 Å². The Morgan fingerprint density at radius 2 is 1.59 bits per heavy atom. The monoisotopic (exact) mass is 465 g/mol. The first-order chi connectivity index (χ1) is 16.3. The molecule has 0 saturated carbocycles. The minimum absolute atomic E-state index is 0.00762. The molecule has 1 aliphatic carbocycles. The molecule has 5 N–H and O–H groups in total. The number of carbonyl (C=O) groups excluding carboxylic acids is 3. The zero-order valence-corrected chi connectivity index (χ0v) is 20.0. The number of amides is 2. The highest BCUT2D eigenvalue weighted by Gasteiger charge is 2.29. The predicted molar refractivity (Wildman–Crippen MR) is 132 cm³/mol. The van der Waals surface area contributed by atoms with E-state index in [1.54, 1.807) is 0 Å². The number of Topliss-reactive ketones (excluding diaryl/α,β-unsaturated/α-hetero) is 1. The average Bonchev–Trinajstić information content (AvgIpc) is 3.13. The fourth-order valence-corrected chi connectivity index (χ4v) is 4.59. The van der Waals surface area contributed by atoms with Crippen LogP contribution in [0, 0.1) is 11.8 Å². The molecule has 0 unspecified atom stereocenters. The summed E-state index contributed by atoms with van der Waals surface area (Å²) in [6.45, 7) is 4.57. The number of fused-ring (bicyclic) bond motifs is 3. The zero-order valence-electron chi connectivity index (χ0n) is 20.0. The molecule has 7 nitrogen and oxygen atoms in total. The molecule has 3 rings (SSSR count). The number of primary amides is 1. The van der Waals surface area contributed by atoms with Gasteiger partial charge in [-0.2, -0.15) is 0 Å². The van der Waals surface area contributed by atoms with Crippen LogP contribution in [0.4, 0.5) is 4.79 Å². The van der Waals surface area contributed by atoms with E-state index in [9.17, 15) is 14.4 Å². The molecule has 34 heavy (non-hydrogen) atoms. The molecule has 1 aliphatic rings. The van der Waals surface area contributed by atoms with Crippen molar-refractivity contribution in [1.29, 1.82) is 0 Å². The van der Waals surface area contributed by atoms with E-state index >= 15 is 0 Å². The molecule has 7 heteroatoms. The number of ketones is 1. The molecular weight excluding hydrogens is 430 g/mol. The summed E-state index contributed by atoms with van der Waals surface area (Å²) in [6.07, 6.45) is 1.08. The zero-order chi connectivity index (χ0) is 24.7. The lowest BCUT2D eigenvalue weighted by molar-refractivity contribution is -0.128. The standard InChI is InChI=1S/C27H35N3O4/c1-17(2)14-18(26(29)32)15-25(31)24(28)12-7-13-30-27(33)34-16-23-21-10-5-3-8-19(21)20-9-4-6-11-22(20)23/h3-6,8-11,17-18,23-24H,7,12-16,28H2,1-2H3,(H2,29,32)(H,30,33)/t18-,24+/m1/s1. The van der Waals surface area contributed by atoms with Gasteiger partial charge in [0.15, 0.2) is 0 Å². The highest BCUT2D eigenvalue weighted by atomic mass is 16.5. The first kappa shape index (κ1) is 25.4. The van der Waals surface area contributed by atoms with Gasteiger partial charge in [0.25, 0.3) is 0 Å². The van der Waals surface area contributed by atoms with E-state index in [4.69, 9.17) is 16.2 Å². The van der Waals surface area contributed by atoms with Gasteiger partial charge in [0.05, 0.1) is 6.04 Å². The summed E-state index contributed by atoms with van der Waals surface area (Å²) in [6, 6.07) is 15.7. The van der Waals surface area contributed by atoms with Crippen molar-refractivity contribution >= 4 is 17.8 Å². The van der Waals surface area contributed by atoms with Gasteiger partial charge >= 0.3 is 6.09 Å². The average molecular weight is 466 g/mol. The first-order valence-corrected chi connectivity index (χ1v) is 11.9. The third-order valence-corrected chi connectivity index (χ3v) is 6.32. The van der Waals surface area contributed by atoms with Crippen LogP contribution in [0.2, 0.25) is 0 Å². The van der Waals surface area contributed by atoms with Gasteiger partial charge in [-0.15, -0.1) is 0 Å². The van der Waals surface area contributed by atoms with Gasteiger partial charge in [-0.25, -0.2) is 4.79 Å². The molecule has 2 aromatic carbocycles. The van der Waals surface area contributed by atoms with E-state index in [-0.39, 0.29) is 30.6 Å². The van der Waals surface area contributed by atoms with Gasteiger partial charge in [0.1, 0.15) is 12.4 Å². The van der Waals surface area contributed by atoms with Gasteiger partial charge in [0, 0.05) is 24.8 Å². The molecular formula is C27H35N3O4. The van der Waals surface area contributed by atoms with Crippen molar-refractivity contribution in [3.8, 4) is 11.1 Å². The predicted octanol–water partition coefficient (Wildman–Crippen LogP) is 3.74. The molecule has 0 bridgehead atoms. The smallest absolute Gasteiger partial charge is 0.407 e. The van der Waals surface area contributed by atoms with Gasteiger partial charge in [-0.1, -0.05) is 62.4 Å². The number of carbonyl (C=O) groups is 3. The lowest BCUT2D eigenvalue weighted by atomic mass is 9.89. The molecule has 0 aromatic heterocycles. The van der Waals surface area contributed by atoms with Crippen LogP contribution < -0.4 is 16.8 Å². The summed E-state index contributed by atoms with van der Waals surface area (Å²) in [5, 5.41) is 2.73. The Morgan fingerprint density at radius 1 is 1.00 bits per heavy atom. The van der Waals surface area contributed by atoms with Gasteiger partial charge in [-0.3, -0.25) is 9.59 Å². The molecule has 0 heterocycles. The Balaban J connectivity index is 1.41. The molecule has 2 atom stereocenters. The Kier molecular flexibility index (Phi) is 8.82. The van der Waals surface area contributed by atoms with Crippen molar-refractivity contribution in [2.45, 2.75) is 51.5 Å². The van der Waals surface area contributed by atoms with Crippen LogP contribution in [0.25, 0.3) is 11.1 Å². The first-order valence-electron chi connectivity index (χ1n) is 11.9. The van der Waals surface area contributed by atoms with Crippen LogP contribution in [-0.4, -0.2) is 37.0 Å². The van der Waals surface area contributed by atoms with E-state index < -0.39 is 24.0 Å². The van der Waals surface area contributed by atoms with E-state index in [0.717, 1.165) is 11.1 Å². The van der Waals surface area contributed by atoms with E-state index in [2.05, 4.69) is 29.6 Å². The van der Waals surface area contributed by atoms with Crippen molar-refractivity contribution in [2.24, 2.45) is 23.3 Å². The maximum atomic E-state index is 12.4. The summed E-state index contributed by atoms with van der Waals surface area (Å²) >= 11 is 0. The van der Waals surface area contributed by atoms with Gasteiger partial charge in [-0.05, 0) is 47.4 Å². The van der Waals surface area contributed by atoms with Crippen molar-refractivity contribution in [2.75, 3.05) is 13.2 Å². The summed E-state index contributed by atoms with van der Waals surface area (Å²) in [5.74, 6) is -0.856. The van der Waals surface area contributed by atoms with Crippen molar-refractivity contribution in [3.05, 3.63) is 59.7 Å². The number of benzene rings is 2. The number of nitrogens with one attached hydrogen (secondary N) is 1. The van der Waals surface area contributed by atoms with Crippen LogP contribution in [-0.2, 0) is 14.3 Å². The third-order valence-electron chi connectivity index (χ3n) is 6.32. The highest BCUT2D eigenvalue weighted by molar-refractivity contribution is 5.89. The van der Waals surface area contributed by atoms with E-state index in [1.165, 1.54) is 11.1 Å². The molecule has 182 valence electrons. The maximum absolute atomic E-state index is 12.4. The number of nitrogens with two attached hydrogens (primary N) is 2. The number of rotatable bonds is 12. The summed E-state index contributed by atoms with van der Waals surface area (Å²) in [4.78, 5) is 36.2. The van der Waals surface area contributed by atoms with E-state index in [0.29, 0.717) is 25.8 Å². The fraction of sp³-hybridized carbons (Fsp3) is 0.444. The lowest BCUT2D eigenvalue weighted by Crippen LogP contribution is -2.36. The van der Waals surface area contributed by atoms with Crippen molar-refractivity contribution in [1.82, 2.24) is 5.32 Å². The normalized spacial score (nSPS) is 14.2. The minimum Gasteiger partial charge on any atom is -0.449 e. The van der Waals surface area contributed by atoms with Gasteiger partial charge in [0.2, 0.25) is 5.91 Å². The van der Waals surface area contributed by atoms with Gasteiger partial charge < -0.3 is 21.5 Å². The largest absolute Gasteiger partial charge is 0.449 e. The SMILES string of the molecule is CC(C)C[C@H](CC(=O)[C@@H](N)CCCNC(=O)OCC1c2ccccc2-c2ccccc21)C(N)=O. The second kappa shape index (κ2) is 11.8. The van der Waals surface area contributed by atoms with Crippen molar-refractivity contribution < 1.29 is 19.1 Å². The molecule has 0 aliphatic heterocycles. The molecule has 2 aromatic rings. The minimum atomic E-state index is -0.682. The summed E-state index contributed by atoms with van der Waals surface area (Å²) < 4.78 is 5.51. The van der Waals surface area contributed by atoms with E-state index in [1.807, 2.05) is 38.1 Å². The molecule has 0 radical (unpaired) electrons. The number of hydrogen-bond acceptors (Lipinski definition) is 5. The summed E-state index contributed by atoms with van der Waals surface area (Å²) in [5.41, 5.74) is 16.1. The topological polar surface area (TPSA) is 125 Å². The quantitative estimate of drug-likeness (QED) is 0.412. The van der Waals surface area contributed by atoms with Crippen LogP contribution >= 0.6 is 0 Å². The van der Waals surface area contributed by atoms with Crippen LogP contribution in [0.3, 0.4) is 0 Å². The van der Waals surface area contributed by atoms with Crippen molar-refractivity contribution in [3.63, 3.8) is 0 Å². The Bertz CT molecular complexity index is 975. The Labute approximate surface area is 201 Å². The number of alkyl carbamates (subject to hydrolysis) is 1. The lowest BCUT2D eigenvalue weighted by Gasteiger charge is -2.17. The maximum Gasteiger partial charge on any atom is 0.407 e. The Hall–Kier alpha value is -3.19. The molecule has 2 amide bonds. The second-order valence-electron chi connectivity index (χ2n) is 9.40. The molecule has 0 spiro atoms. The number of hydrogen-bond donors (Lipinski definition) is 3. The van der Waals surface area contributed by atoms with Crippen LogP contribution in [0.1, 0.15) is 56.6 Å². The number of ether oxygens (including phenoxy) is 1. The fourth-order valence-electron chi connectivity index (χ4n) is 4.59. The Morgan fingerprint density at radius 3 is 2.15 bits per heavy atom. The molecule has 0 fully saturated rings.